The molecular weight excluding hydrogens is 191 g/mol. The Morgan fingerprint density at radius 3 is 2.50 bits per heavy atom. The molecule has 0 bridgehead atoms. The van der Waals surface area contributed by atoms with Gasteiger partial charge in [0.15, 0.2) is 12.1 Å². The molecule has 0 spiro atoms. The third kappa shape index (κ3) is 4.58. The Hall–Kier alpha value is -1.40. The van der Waals surface area contributed by atoms with Crippen LogP contribution < -0.4 is 5.73 Å². The van der Waals surface area contributed by atoms with Crippen LogP contribution in [0.5, 0.6) is 0 Å². The SMILES string of the molecule is CCC(=C\C(F)=C\C(O)O)/C(N)=N/O. The van der Waals surface area contributed by atoms with E-state index < -0.39 is 12.1 Å². The summed E-state index contributed by atoms with van der Waals surface area (Å²) in [6.07, 6.45) is 0.0460. The summed E-state index contributed by atoms with van der Waals surface area (Å²) in [6, 6.07) is 0. The van der Waals surface area contributed by atoms with E-state index in [2.05, 4.69) is 5.16 Å². The first kappa shape index (κ1) is 12.6. The molecule has 0 radical (unpaired) electrons. The van der Waals surface area contributed by atoms with Crippen molar-refractivity contribution in [2.24, 2.45) is 10.9 Å². The van der Waals surface area contributed by atoms with E-state index in [1.54, 1.807) is 6.92 Å². The fourth-order valence-electron chi connectivity index (χ4n) is 0.778. The zero-order valence-corrected chi connectivity index (χ0v) is 7.68. The second kappa shape index (κ2) is 6.11. The Morgan fingerprint density at radius 2 is 2.14 bits per heavy atom. The molecule has 5 nitrogen and oxygen atoms in total. The van der Waals surface area contributed by atoms with E-state index in [-0.39, 0.29) is 11.4 Å². The minimum Gasteiger partial charge on any atom is -0.409 e. The molecule has 0 aromatic rings. The maximum Gasteiger partial charge on any atom is 0.174 e. The van der Waals surface area contributed by atoms with Crippen LogP contribution in [0.2, 0.25) is 0 Å². The van der Waals surface area contributed by atoms with Crippen molar-refractivity contribution in [2.75, 3.05) is 0 Å². The number of rotatable bonds is 4. The van der Waals surface area contributed by atoms with Crippen molar-refractivity contribution in [3.8, 4) is 0 Å². The summed E-state index contributed by atoms with van der Waals surface area (Å²) in [7, 11) is 0. The molecule has 6 heteroatoms. The maximum absolute atomic E-state index is 12.9. The summed E-state index contributed by atoms with van der Waals surface area (Å²) >= 11 is 0. The van der Waals surface area contributed by atoms with E-state index in [0.29, 0.717) is 12.5 Å². The van der Waals surface area contributed by atoms with Gasteiger partial charge in [0.2, 0.25) is 0 Å². The third-order valence-electron chi connectivity index (χ3n) is 1.44. The third-order valence-corrected chi connectivity index (χ3v) is 1.44. The Morgan fingerprint density at radius 1 is 1.57 bits per heavy atom. The van der Waals surface area contributed by atoms with E-state index in [0.717, 1.165) is 6.08 Å². The van der Waals surface area contributed by atoms with E-state index in [1.807, 2.05) is 0 Å². The summed E-state index contributed by atoms with van der Waals surface area (Å²) in [4.78, 5) is 0. The highest BCUT2D eigenvalue weighted by atomic mass is 19.1. The molecule has 0 atom stereocenters. The van der Waals surface area contributed by atoms with Crippen LogP contribution in [0, 0.1) is 0 Å². The van der Waals surface area contributed by atoms with Crippen molar-refractivity contribution in [1.29, 1.82) is 0 Å². The van der Waals surface area contributed by atoms with Gasteiger partial charge in [0.05, 0.1) is 0 Å². The normalized spacial score (nSPS) is 15.1. The number of allylic oxidation sites excluding steroid dienone is 2. The van der Waals surface area contributed by atoms with Crippen LogP contribution >= 0.6 is 0 Å². The highest BCUT2D eigenvalue weighted by Gasteiger charge is 2.03. The highest BCUT2D eigenvalue weighted by Crippen LogP contribution is 2.08. The van der Waals surface area contributed by atoms with E-state index in [4.69, 9.17) is 21.2 Å². The number of nitrogens with zero attached hydrogens (tertiary/aromatic N) is 1. The second-order valence-corrected chi connectivity index (χ2v) is 2.47. The highest BCUT2D eigenvalue weighted by molar-refractivity contribution is 5.96. The van der Waals surface area contributed by atoms with Crippen molar-refractivity contribution < 1.29 is 19.8 Å². The molecule has 0 rings (SSSR count). The number of aliphatic hydroxyl groups is 2. The van der Waals surface area contributed by atoms with Crippen LogP contribution in [0.3, 0.4) is 0 Å². The molecular formula is C8H13FN2O3. The van der Waals surface area contributed by atoms with Gasteiger partial charge < -0.3 is 21.2 Å². The van der Waals surface area contributed by atoms with Gasteiger partial charge in [-0.05, 0) is 12.5 Å². The average Bonchev–Trinajstić information content (AvgIpc) is 2.11. The molecule has 0 amide bonds. The van der Waals surface area contributed by atoms with E-state index in [9.17, 15) is 4.39 Å². The summed E-state index contributed by atoms with van der Waals surface area (Å²) in [6.45, 7) is 1.69. The van der Waals surface area contributed by atoms with Gasteiger partial charge in [0.1, 0.15) is 5.83 Å². The molecule has 5 N–H and O–H groups in total. The van der Waals surface area contributed by atoms with E-state index >= 15 is 0 Å². The van der Waals surface area contributed by atoms with Gasteiger partial charge in [-0.15, -0.1) is 0 Å². The minimum atomic E-state index is -1.86. The van der Waals surface area contributed by atoms with Crippen molar-refractivity contribution in [2.45, 2.75) is 19.6 Å². The number of hydrogen-bond donors (Lipinski definition) is 4. The van der Waals surface area contributed by atoms with Crippen molar-refractivity contribution in [3.05, 3.63) is 23.6 Å². The number of hydrogen-bond acceptors (Lipinski definition) is 4. The molecule has 0 aromatic heterocycles. The van der Waals surface area contributed by atoms with Gasteiger partial charge in [-0.2, -0.15) is 0 Å². The summed E-state index contributed by atoms with van der Waals surface area (Å²) < 4.78 is 12.9. The Kier molecular flexibility index (Phi) is 5.50. The fourth-order valence-corrected chi connectivity index (χ4v) is 0.778. The van der Waals surface area contributed by atoms with Gasteiger partial charge in [-0.3, -0.25) is 0 Å². The fraction of sp³-hybridized carbons (Fsp3) is 0.375. The van der Waals surface area contributed by atoms with Gasteiger partial charge in [0, 0.05) is 11.6 Å². The molecule has 80 valence electrons. The predicted octanol–water partition coefficient (Wildman–Crippen LogP) is 0.233. The first-order valence-corrected chi connectivity index (χ1v) is 3.93. The summed E-state index contributed by atoms with van der Waals surface area (Å²) in [5.74, 6) is -1.06. The minimum absolute atomic E-state index is 0.205. The predicted molar refractivity (Wildman–Crippen MR) is 49.2 cm³/mol. The molecule has 0 aliphatic rings. The Labute approximate surface area is 80.7 Å². The van der Waals surface area contributed by atoms with Crippen molar-refractivity contribution in [1.82, 2.24) is 0 Å². The number of oxime groups is 1. The number of amidine groups is 1. The van der Waals surface area contributed by atoms with Crippen molar-refractivity contribution >= 4 is 5.84 Å². The van der Waals surface area contributed by atoms with Crippen LogP contribution in [0.25, 0.3) is 0 Å². The molecule has 0 unspecified atom stereocenters. The van der Waals surface area contributed by atoms with Crippen LogP contribution in [0.15, 0.2) is 28.7 Å². The van der Waals surface area contributed by atoms with Gasteiger partial charge in [0.25, 0.3) is 0 Å². The smallest absolute Gasteiger partial charge is 0.174 e. The molecule has 0 aliphatic heterocycles. The largest absolute Gasteiger partial charge is 0.409 e. The molecule has 0 saturated carbocycles. The molecule has 14 heavy (non-hydrogen) atoms. The van der Waals surface area contributed by atoms with Crippen LogP contribution in [0.4, 0.5) is 4.39 Å². The topological polar surface area (TPSA) is 99.1 Å². The lowest BCUT2D eigenvalue weighted by atomic mass is 10.1. The zero-order valence-electron chi connectivity index (χ0n) is 7.68. The van der Waals surface area contributed by atoms with Gasteiger partial charge >= 0.3 is 0 Å². The first-order chi connectivity index (χ1) is 6.51. The number of aliphatic hydroxyl groups excluding tert-OH is 1. The zero-order chi connectivity index (χ0) is 11.1. The maximum atomic E-state index is 12.9. The summed E-state index contributed by atoms with van der Waals surface area (Å²) in [5.41, 5.74) is 5.49. The molecule has 0 saturated heterocycles. The van der Waals surface area contributed by atoms with Crippen LogP contribution in [-0.4, -0.2) is 27.5 Å². The van der Waals surface area contributed by atoms with Gasteiger partial charge in [-0.1, -0.05) is 12.1 Å². The van der Waals surface area contributed by atoms with Crippen LogP contribution in [-0.2, 0) is 0 Å². The Bertz CT molecular complexity index is 272. The molecule has 0 aromatic carbocycles. The lowest BCUT2D eigenvalue weighted by Gasteiger charge is -2.01. The van der Waals surface area contributed by atoms with Gasteiger partial charge in [-0.25, -0.2) is 4.39 Å². The standard InChI is InChI=1S/C8H13FN2O3/c1-2-5(8(10)11-14)3-6(9)4-7(12)13/h3-4,7,12-14H,2H2,1H3,(H2,10,11)/b5-3+,6-4-. The molecule has 0 heterocycles. The Balaban J connectivity index is 4.77. The lowest BCUT2D eigenvalue weighted by molar-refractivity contribution is 0.00109. The number of halogens is 1. The molecule has 0 aliphatic carbocycles. The monoisotopic (exact) mass is 204 g/mol. The molecule has 0 fully saturated rings. The first-order valence-electron chi connectivity index (χ1n) is 3.93. The van der Waals surface area contributed by atoms with Crippen molar-refractivity contribution in [3.63, 3.8) is 0 Å². The lowest BCUT2D eigenvalue weighted by Crippen LogP contribution is -2.14. The summed E-state index contributed by atoms with van der Waals surface area (Å²) in [5, 5.41) is 27.8. The van der Waals surface area contributed by atoms with Crippen LogP contribution in [0.1, 0.15) is 13.3 Å². The average molecular weight is 204 g/mol. The van der Waals surface area contributed by atoms with E-state index in [1.165, 1.54) is 0 Å². The number of nitrogens with two attached hydrogens (primary N) is 1. The second-order valence-electron chi connectivity index (χ2n) is 2.47. The quantitative estimate of drug-likeness (QED) is 0.131.